The van der Waals surface area contributed by atoms with Crippen molar-refractivity contribution in [1.82, 2.24) is 15.0 Å². The van der Waals surface area contributed by atoms with Gasteiger partial charge in [-0.3, -0.25) is 0 Å². The Morgan fingerprint density at radius 3 is 2.88 bits per heavy atom. The summed E-state index contributed by atoms with van der Waals surface area (Å²) in [6.07, 6.45) is 10.2. The van der Waals surface area contributed by atoms with Crippen molar-refractivity contribution >= 4 is 16.3 Å². The lowest BCUT2D eigenvalue weighted by atomic mass is 10.4. The molecule has 2 heterocycles. The maximum absolute atomic E-state index is 5.20. The molecule has 0 aliphatic heterocycles. The van der Waals surface area contributed by atoms with Crippen LogP contribution in [0.1, 0.15) is 5.69 Å². The Kier molecular flexibility index (Phi) is 3.13. The Morgan fingerprint density at radius 2 is 2.19 bits per heavy atom. The van der Waals surface area contributed by atoms with Crippen LogP contribution in [0.3, 0.4) is 0 Å². The third-order valence-corrected chi connectivity index (χ3v) is 3.12. The number of thiazole rings is 1. The summed E-state index contributed by atoms with van der Waals surface area (Å²) in [6, 6.07) is 0. The number of aromatic nitrogens is 3. The zero-order chi connectivity index (χ0) is 11.4. The predicted molar refractivity (Wildman–Crippen MR) is 65.2 cm³/mol. The summed E-state index contributed by atoms with van der Waals surface area (Å²) in [6.45, 7) is 2.45. The number of hydrogen-bond donors (Lipinski definition) is 1. The molecular formula is C11H10N4S. The third kappa shape index (κ3) is 2.18. The molecule has 0 amide bonds. The summed E-state index contributed by atoms with van der Waals surface area (Å²) in [5, 5.41) is 5.03. The van der Waals surface area contributed by atoms with Crippen LogP contribution in [0, 0.1) is 19.3 Å². The second-order valence-corrected chi connectivity index (χ2v) is 4.12. The SMILES string of the molecule is C#CCNc1sc(-c2cncnc2)nc1C. The van der Waals surface area contributed by atoms with Gasteiger partial charge in [0, 0.05) is 18.0 Å². The molecule has 2 aromatic rings. The number of anilines is 1. The van der Waals surface area contributed by atoms with Gasteiger partial charge in [0.1, 0.15) is 16.3 Å². The van der Waals surface area contributed by atoms with Gasteiger partial charge in [-0.05, 0) is 6.92 Å². The molecule has 2 aromatic heterocycles. The lowest BCUT2D eigenvalue weighted by molar-refractivity contribution is 1.16. The number of rotatable bonds is 3. The van der Waals surface area contributed by atoms with Crippen molar-refractivity contribution in [3.05, 3.63) is 24.4 Å². The van der Waals surface area contributed by atoms with Crippen LogP contribution in [0.25, 0.3) is 10.6 Å². The minimum absolute atomic E-state index is 0.508. The van der Waals surface area contributed by atoms with Gasteiger partial charge in [-0.15, -0.1) is 6.42 Å². The topological polar surface area (TPSA) is 50.7 Å². The molecule has 0 atom stereocenters. The molecule has 0 aromatic carbocycles. The van der Waals surface area contributed by atoms with Crippen LogP contribution in [0.15, 0.2) is 18.7 Å². The fourth-order valence-electron chi connectivity index (χ4n) is 1.22. The van der Waals surface area contributed by atoms with Crippen LogP contribution in [0.4, 0.5) is 5.00 Å². The van der Waals surface area contributed by atoms with Gasteiger partial charge < -0.3 is 5.32 Å². The fraction of sp³-hybridized carbons (Fsp3) is 0.182. The van der Waals surface area contributed by atoms with Crippen molar-refractivity contribution in [2.24, 2.45) is 0 Å². The summed E-state index contributed by atoms with van der Waals surface area (Å²) < 4.78 is 0. The Hall–Kier alpha value is -1.93. The van der Waals surface area contributed by atoms with Crippen molar-refractivity contribution in [2.75, 3.05) is 11.9 Å². The van der Waals surface area contributed by atoms with Crippen LogP contribution in [-0.2, 0) is 0 Å². The molecule has 0 saturated carbocycles. The molecule has 0 aliphatic rings. The van der Waals surface area contributed by atoms with E-state index >= 15 is 0 Å². The standard InChI is InChI=1S/C11H10N4S/c1-3-4-14-10-8(2)15-11(16-10)9-5-12-7-13-6-9/h1,5-7,14H,4H2,2H3. The number of aryl methyl sites for hydroxylation is 1. The highest BCUT2D eigenvalue weighted by molar-refractivity contribution is 7.19. The molecule has 5 heteroatoms. The van der Waals surface area contributed by atoms with E-state index in [1.807, 2.05) is 6.92 Å². The third-order valence-electron chi connectivity index (χ3n) is 1.96. The van der Waals surface area contributed by atoms with Crippen LogP contribution >= 0.6 is 11.3 Å². The lowest BCUT2D eigenvalue weighted by Gasteiger charge is -1.96. The van der Waals surface area contributed by atoms with Gasteiger partial charge in [-0.2, -0.15) is 0 Å². The molecule has 4 nitrogen and oxygen atoms in total. The summed E-state index contributed by atoms with van der Waals surface area (Å²) in [4.78, 5) is 12.4. The minimum Gasteiger partial charge on any atom is -0.364 e. The van der Waals surface area contributed by atoms with Gasteiger partial charge in [0.05, 0.1) is 12.2 Å². The molecule has 1 N–H and O–H groups in total. The number of nitrogens with one attached hydrogen (secondary N) is 1. The second kappa shape index (κ2) is 4.73. The Labute approximate surface area is 97.8 Å². The van der Waals surface area contributed by atoms with Gasteiger partial charge in [-0.25, -0.2) is 15.0 Å². The van der Waals surface area contributed by atoms with E-state index in [4.69, 9.17) is 6.42 Å². The fourth-order valence-corrected chi connectivity index (χ4v) is 2.16. The first-order chi connectivity index (χ1) is 7.81. The first kappa shape index (κ1) is 10.6. The van der Waals surface area contributed by atoms with Crippen LogP contribution in [-0.4, -0.2) is 21.5 Å². The average Bonchev–Trinajstić information content (AvgIpc) is 2.69. The number of hydrogen-bond acceptors (Lipinski definition) is 5. The van der Waals surface area contributed by atoms with E-state index in [-0.39, 0.29) is 0 Å². The van der Waals surface area contributed by atoms with Crippen LogP contribution in [0.5, 0.6) is 0 Å². The summed E-state index contributed by atoms with van der Waals surface area (Å²) in [5.41, 5.74) is 1.86. The molecule has 0 spiro atoms. The zero-order valence-electron chi connectivity index (χ0n) is 8.77. The minimum atomic E-state index is 0.508. The summed E-state index contributed by atoms with van der Waals surface area (Å²) in [7, 11) is 0. The molecule has 80 valence electrons. The quantitative estimate of drug-likeness (QED) is 0.819. The molecule has 0 saturated heterocycles. The Bertz CT molecular complexity index is 513. The van der Waals surface area contributed by atoms with Crippen molar-refractivity contribution < 1.29 is 0 Å². The smallest absolute Gasteiger partial charge is 0.128 e. The van der Waals surface area contributed by atoms with Gasteiger partial charge in [0.15, 0.2) is 0 Å². The van der Waals surface area contributed by atoms with E-state index in [0.29, 0.717) is 6.54 Å². The zero-order valence-corrected chi connectivity index (χ0v) is 9.58. The van der Waals surface area contributed by atoms with E-state index in [9.17, 15) is 0 Å². The van der Waals surface area contributed by atoms with Gasteiger partial charge in [0.2, 0.25) is 0 Å². The maximum atomic E-state index is 5.20. The molecule has 0 unspecified atom stereocenters. The van der Waals surface area contributed by atoms with E-state index in [1.54, 1.807) is 23.7 Å². The molecule has 0 fully saturated rings. The van der Waals surface area contributed by atoms with Crippen LogP contribution in [0.2, 0.25) is 0 Å². The van der Waals surface area contributed by atoms with Crippen LogP contribution < -0.4 is 5.32 Å². The molecule has 16 heavy (non-hydrogen) atoms. The average molecular weight is 230 g/mol. The molecule has 0 radical (unpaired) electrons. The highest BCUT2D eigenvalue weighted by Crippen LogP contribution is 2.30. The summed E-state index contributed by atoms with van der Waals surface area (Å²) >= 11 is 1.55. The van der Waals surface area contributed by atoms with Gasteiger partial charge in [-0.1, -0.05) is 17.3 Å². The van der Waals surface area contributed by atoms with Crippen molar-refractivity contribution in [1.29, 1.82) is 0 Å². The predicted octanol–water partition coefficient (Wildman–Crippen LogP) is 1.95. The first-order valence-corrected chi connectivity index (χ1v) is 5.53. The maximum Gasteiger partial charge on any atom is 0.128 e. The van der Waals surface area contributed by atoms with Gasteiger partial charge in [0.25, 0.3) is 0 Å². The summed E-state index contributed by atoms with van der Waals surface area (Å²) in [5.74, 6) is 2.54. The van der Waals surface area contributed by atoms with Crippen molar-refractivity contribution in [2.45, 2.75) is 6.92 Å². The normalized spacial score (nSPS) is 9.75. The number of nitrogens with zero attached hydrogens (tertiary/aromatic N) is 3. The van der Waals surface area contributed by atoms with Crippen molar-refractivity contribution in [3.8, 4) is 22.9 Å². The molecular weight excluding hydrogens is 220 g/mol. The monoisotopic (exact) mass is 230 g/mol. The van der Waals surface area contributed by atoms with E-state index in [2.05, 4.69) is 26.2 Å². The first-order valence-electron chi connectivity index (χ1n) is 4.71. The van der Waals surface area contributed by atoms with Crippen molar-refractivity contribution in [3.63, 3.8) is 0 Å². The van der Waals surface area contributed by atoms with E-state index < -0.39 is 0 Å². The molecule has 0 aliphatic carbocycles. The highest BCUT2D eigenvalue weighted by Gasteiger charge is 2.08. The second-order valence-electron chi connectivity index (χ2n) is 3.12. The lowest BCUT2D eigenvalue weighted by Crippen LogP contribution is -1.96. The van der Waals surface area contributed by atoms with Gasteiger partial charge >= 0.3 is 0 Å². The molecule has 0 bridgehead atoms. The highest BCUT2D eigenvalue weighted by atomic mass is 32.1. The van der Waals surface area contributed by atoms with E-state index in [0.717, 1.165) is 21.3 Å². The van der Waals surface area contributed by atoms with E-state index in [1.165, 1.54) is 6.33 Å². The Balaban J connectivity index is 2.28. The largest absolute Gasteiger partial charge is 0.364 e. The number of terminal acetylenes is 1. The molecule has 2 rings (SSSR count). The Morgan fingerprint density at radius 1 is 1.44 bits per heavy atom.